The molecule has 6 heteroatoms. The van der Waals surface area contributed by atoms with E-state index in [1.165, 1.54) is 28.9 Å². The normalized spacial score (nSPS) is 23.9. The van der Waals surface area contributed by atoms with Crippen LogP contribution in [-0.4, -0.2) is 41.3 Å². The molecular formula is C21H23N3O2S. The molecule has 3 heterocycles. The van der Waals surface area contributed by atoms with Crippen LogP contribution >= 0.6 is 11.3 Å². The van der Waals surface area contributed by atoms with Gasteiger partial charge in [0.15, 0.2) is 5.13 Å². The van der Waals surface area contributed by atoms with Crippen molar-refractivity contribution >= 4 is 28.3 Å². The van der Waals surface area contributed by atoms with Crippen LogP contribution in [0.3, 0.4) is 0 Å². The van der Waals surface area contributed by atoms with Crippen molar-refractivity contribution in [3.63, 3.8) is 0 Å². The fourth-order valence-electron chi connectivity index (χ4n) is 5.10. The maximum Gasteiger partial charge on any atom is 0.229 e. The molecule has 2 saturated heterocycles. The van der Waals surface area contributed by atoms with Gasteiger partial charge < -0.3 is 4.90 Å². The Morgan fingerprint density at radius 2 is 2.00 bits per heavy atom. The van der Waals surface area contributed by atoms with Gasteiger partial charge in [-0.2, -0.15) is 0 Å². The lowest BCUT2D eigenvalue weighted by Gasteiger charge is -2.41. The van der Waals surface area contributed by atoms with Crippen molar-refractivity contribution in [2.24, 2.45) is 5.92 Å². The lowest BCUT2D eigenvalue weighted by atomic mass is 9.73. The molecule has 1 atom stereocenters. The van der Waals surface area contributed by atoms with E-state index in [4.69, 9.17) is 0 Å². The Morgan fingerprint density at radius 1 is 1.19 bits per heavy atom. The van der Waals surface area contributed by atoms with Gasteiger partial charge in [0.05, 0.1) is 5.92 Å². The Hall–Kier alpha value is -2.21. The summed E-state index contributed by atoms with van der Waals surface area (Å²) in [6.07, 6.45) is 6.44. The van der Waals surface area contributed by atoms with Crippen LogP contribution in [0.1, 0.15) is 36.8 Å². The third-order valence-corrected chi connectivity index (χ3v) is 7.41. The topological polar surface area (TPSA) is 53.5 Å². The molecule has 3 aliphatic rings. The van der Waals surface area contributed by atoms with Crippen LogP contribution in [0.25, 0.3) is 0 Å². The molecule has 5 nitrogen and oxygen atoms in total. The lowest BCUT2D eigenvalue weighted by molar-refractivity contribution is -0.137. The lowest BCUT2D eigenvalue weighted by Crippen LogP contribution is -2.46. The Morgan fingerprint density at radius 3 is 2.78 bits per heavy atom. The molecule has 0 radical (unpaired) electrons. The van der Waals surface area contributed by atoms with E-state index in [9.17, 15) is 9.59 Å². The predicted molar refractivity (Wildman–Crippen MR) is 105 cm³/mol. The van der Waals surface area contributed by atoms with Crippen molar-refractivity contribution in [1.29, 1.82) is 0 Å². The minimum absolute atomic E-state index is 0.0153. The Kier molecular flexibility index (Phi) is 4.04. The second kappa shape index (κ2) is 6.44. The fourth-order valence-corrected chi connectivity index (χ4v) is 5.77. The van der Waals surface area contributed by atoms with Crippen molar-refractivity contribution in [3.05, 3.63) is 47.0 Å². The van der Waals surface area contributed by atoms with Crippen LogP contribution < -0.4 is 4.90 Å². The van der Waals surface area contributed by atoms with E-state index in [2.05, 4.69) is 29.2 Å². The van der Waals surface area contributed by atoms with Gasteiger partial charge in [-0.15, -0.1) is 11.3 Å². The van der Waals surface area contributed by atoms with Crippen LogP contribution in [0, 0.1) is 5.92 Å². The number of hydrogen-bond acceptors (Lipinski definition) is 4. The number of carbonyl (C=O) groups is 2. The molecule has 27 heavy (non-hydrogen) atoms. The number of aryl methyl sites for hydroxylation is 1. The summed E-state index contributed by atoms with van der Waals surface area (Å²) in [5, 5.41) is 2.57. The van der Waals surface area contributed by atoms with Gasteiger partial charge in [0.1, 0.15) is 0 Å². The summed E-state index contributed by atoms with van der Waals surface area (Å²) in [7, 11) is 0. The third-order valence-electron chi connectivity index (χ3n) is 6.62. The van der Waals surface area contributed by atoms with Crippen molar-refractivity contribution in [3.8, 4) is 0 Å². The van der Waals surface area contributed by atoms with E-state index in [1.54, 1.807) is 11.1 Å². The molecular weight excluding hydrogens is 358 g/mol. The van der Waals surface area contributed by atoms with Crippen molar-refractivity contribution < 1.29 is 9.59 Å². The Balaban J connectivity index is 1.26. The molecule has 140 valence electrons. The molecule has 2 fully saturated rings. The minimum atomic E-state index is -0.230. The first-order valence-corrected chi connectivity index (χ1v) is 10.6. The number of amides is 2. The number of anilines is 1. The Bertz CT molecular complexity index is 871. The molecule has 0 saturated carbocycles. The number of rotatable bonds is 2. The predicted octanol–water partition coefficient (Wildman–Crippen LogP) is 3.00. The average molecular weight is 382 g/mol. The molecule has 1 unspecified atom stereocenters. The van der Waals surface area contributed by atoms with Crippen molar-refractivity contribution in [2.45, 2.75) is 37.5 Å². The number of piperidine rings is 1. The number of thiazole rings is 1. The van der Waals surface area contributed by atoms with E-state index in [-0.39, 0.29) is 23.1 Å². The Labute approximate surface area is 163 Å². The highest BCUT2D eigenvalue weighted by molar-refractivity contribution is 7.13. The van der Waals surface area contributed by atoms with Gasteiger partial charge in [0, 0.05) is 37.6 Å². The van der Waals surface area contributed by atoms with Gasteiger partial charge in [-0.3, -0.25) is 14.5 Å². The standard InChI is InChI=1S/C21H23N3O2S/c25-18-13-16(14-24(18)20-22-9-12-27-20)19(26)23-10-7-21(8-11-23)6-5-15-3-1-2-4-17(15)21/h1-4,9,12,16H,5-8,10-11,13-14H2. The number of hydrogen-bond donors (Lipinski definition) is 0. The average Bonchev–Trinajstić information content (AvgIpc) is 3.42. The largest absolute Gasteiger partial charge is 0.342 e. The molecule has 2 amide bonds. The fraction of sp³-hybridized carbons (Fsp3) is 0.476. The molecule has 1 aromatic heterocycles. The minimum Gasteiger partial charge on any atom is -0.342 e. The first-order chi connectivity index (χ1) is 13.2. The van der Waals surface area contributed by atoms with E-state index < -0.39 is 0 Å². The zero-order valence-electron chi connectivity index (χ0n) is 15.3. The smallest absolute Gasteiger partial charge is 0.229 e. The number of likely N-dealkylation sites (tertiary alicyclic amines) is 1. The van der Waals surface area contributed by atoms with Crippen LogP contribution in [0.5, 0.6) is 0 Å². The summed E-state index contributed by atoms with van der Waals surface area (Å²) in [4.78, 5) is 33.3. The molecule has 1 aromatic carbocycles. The number of fused-ring (bicyclic) bond motifs is 2. The maximum atomic E-state index is 13.0. The molecule has 0 bridgehead atoms. The maximum absolute atomic E-state index is 13.0. The molecule has 0 N–H and O–H groups in total. The van der Waals surface area contributed by atoms with Gasteiger partial charge in [-0.1, -0.05) is 24.3 Å². The van der Waals surface area contributed by atoms with Gasteiger partial charge in [-0.05, 0) is 42.2 Å². The van der Waals surface area contributed by atoms with Gasteiger partial charge in [0.25, 0.3) is 0 Å². The van der Waals surface area contributed by atoms with Crippen molar-refractivity contribution in [2.75, 3.05) is 24.5 Å². The zero-order valence-corrected chi connectivity index (χ0v) is 16.1. The van der Waals surface area contributed by atoms with E-state index >= 15 is 0 Å². The molecule has 1 spiro atoms. The van der Waals surface area contributed by atoms with Crippen LogP contribution in [0.4, 0.5) is 5.13 Å². The monoisotopic (exact) mass is 381 g/mol. The molecule has 2 aromatic rings. The second-order valence-corrected chi connectivity index (χ2v) is 8.86. The molecule has 5 rings (SSSR count). The zero-order chi connectivity index (χ0) is 18.4. The number of benzene rings is 1. The highest BCUT2D eigenvalue weighted by atomic mass is 32.1. The van der Waals surface area contributed by atoms with E-state index in [0.717, 1.165) is 32.4 Å². The summed E-state index contributed by atoms with van der Waals surface area (Å²) in [5.41, 5.74) is 3.24. The number of aromatic nitrogens is 1. The summed E-state index contributed by atoms with van der Waals surface area (Å²) >= 11 is 1.45. The quantitative estimate of drug-likeness (QED) is 0.804. The summed E-state index contributed by atoms with van der Waals surface area (Å²) in [6, 6.07) is 8.79. The van der Waals surface area contributed by atoms with Crippen LogP contribution in [0.15, 0.2) is 35.8 Å². The first kappa shape index (κ1) is 16.9. The van der Waals surface area contributed by atoms with Crippen LogP contribution in [-0.2, 0) is 21.4 Å². The molecule has 1 aliphatic carbocycles. The highest BCUT2D eigenvalue weighted by Crippen LogP contribution is 2.46. The summed E-state index contributed by atoms with van der Waals surface area (Å²) in [5.74, 6) is -0.0728. The number of carbonyl (C=O) groups excluding carboxylic acids is 2. The highest BCUT2D eigenvalue weighted by Gasteiger charge is 2.44. The van der Waals surface area contributed by atoms with Crippen molar-refractivity contribution in [1.82, 2.24) is 9.88 Å². The number of nitrogens with zero attached hydrogens (tertiary/aromatic N) is 3. The SMILES string of the molecule is O=C(C1CC(=O)N(c2nccs2)C1)N1CCC2(CCc3ccccc32)CC1. The summed E-state index contributed by atoms with van der Waals surface area (Å²) in [6.45, 7) is 2.07. The second-order valence-electron chi connectivity index (χ2n) is 7.98. The van der Waals surface area contributed by atoms with Gasteiger partial charge in [0.2, 0.25) is 11.8 Å². The van der Waals surface area contributed by atoms with Gasteiger partial charge in [-0.25, -0.2) is 4.98 Å². The van der Waals surface area contributed by atoms with E-state index in [0.29, 0.717) is 18.1 Å². The molecule has 2 aliphatic heterocycles. The first-order valence-electron chi connectivity index (χ1n) is 9.73. The van der Waals surface area contributed by atoms with E-state index in [1.807, 2.05) is 10.3 Å². The van der Waals surface area contributed by atoms with Crippen LogP contribution in [0.2, 0.25) is 0 Å². The van der Waals surface area contributed by atoms with Gasteiger partial charge >= 0.3 is 0 Å². The third kappa shape index (κ3) is 2.78. The summed E-state index contributed by atoms with van der Waals surface area (Å²) < 4.78 is 0.